The molecule has 1 aliphatic heterocycles. The van der Waals surface area contributed by atoms with Crippen molar-refractivity contribution in [1.29, 1.82) is 0 Å². The summed E-state index contributed by atoms with van der Waals surface area (Å²) in [6, 6.07) is 10.3. The molecule has 0 spiro atoms. The first-order chi connectivity index (χ1) is 10.3. The normalized spacial score (nSPS) is 18.5. The molecule has 21 heavy (non-hydrogen) atoms. The number of rotatable bonds is 2. The Morgan fingerprint density at radius 1 is 1.19 bits per heavy atom. The summed E-state index contributed by atoms with van der Waals surface area (Å²) in [5.74, 6) is 0.941. The predicted octanol–water partition coefficient (Wildman–Crippen LogP) is 2.93. The van der Waals surface area contributed by atoms with E-state index in [4.69, 9.17) is 0 Å². The molecule has 1 aliphatic rings. The lowest BCUT2D eigenvalue weighted by molar-refractivity contribution is 0.198. The SMILES string of the molecule is OC1CCN(c2ncnc3scc(-c4ccccc4)c23)C1. The first-order valence-corrected chi connectivity index (χ1v) is 7.91. The first kappa shape index (κ1) is 12.7. The molecule has 1 saturated heterocycles. The highest BCUT2D eigenvalue weighted by Gasteiger charge is 2.24. The Labute approximate surface area is 126 Å². The van der Waals surface area contributed by atoms with E-state index in [-0.39, 0.29) is 6.10 Å². The summed E-state index contributed by atoms with van der Waals surface area (Å²) >= 11 is 1.64. The fraction of sp³-hybridized carbons (Fsp3) is 0.250. The summed E-state index contributed by atoms with van der Waals surface area (Å²) in [7, 11) is 0. The summed E-state index contributed by atoms with van der Waals surface area (Å²) in [5, 5.41) is 13.0. The molecule has 1 aromatic carbocycles. The van der Waals surface area contributed by atoms with Crippen LogP contribution in [0.3, 0.4) is 0 Å². The third-order valence-corrected chi connectivity index (χ3v) is 4.78. The van der Waals surface area contributed by atoms with Gasteiger partial charge in [0.15, 0.2) is 0 Å². The van der Waals surface area contributed by atoms with Gasteiger partial charge in [0.25, 0.3) is 0 Å². The minimum Gasteiger partial charge on any atom is -0.391 e. The lowest BCUT2D eigenvalue weighted by Crippen LogP contribution is -2.22. The predicted molar refractivity (Wildman–Crippen MR) is 85.7 cm³/mol. The summed E-state index contributed by atoms with van der Waals surface area (Å²) in [4.78, 5) is 12.0. The number of thiophene rings is 1. The molecule has 3 aromatic rings. The Hall–Kier alpha value is -1.98. The van der Waals surface area contributed by atoms with E-state index in [2.05, 4.69) is 32.4 Å². The molecule has 0 bridgehead atoms. The van der Waals surface area contributed by atoms with Crippen molar-refractivity contribution in [2.24, 2.45) is 0 Å². The van der Waals surface area contributed by atoms with Crippen molar-refractivity contribution in [2.75, 3.05) is 18.0 Å². The third kappa shape index (κ3) is 2.18. The quantitative estimate of drug-likeness (QED) is 0.790. The van der Waals surface area contributed by atoms with Crippen LogP contribution in [-0.4, -0.2) is 34.3 Å². The highest BCUT2D eigenvalue weighted by molar-refractivity contribution is 7.17. The molecule has 4 rings (SSSR count). The van der Waals surface area contributed by atoms with Crippen LogP contribution in [0.15, 0.2) is 42.0 Å². The van der Waals surface area contributed by atoms with Crippen LogP contribution in [0, 0.1) is 0 Å². The fourth-order valence-corrected chi connectivity index (χ4v) is 3.77. The van der Waals surface area contributed by atoms with Gasteiger partial charge in [-0.2, -0.15) is 0 Å². The Bertz CT molecular complexity index is 772. The number of anilines is 1. The van der Waals surface area contributed by atoms with Crippen LogP contribution >= 0.6 is 11.3 Å². The number of hydrogen-bond donors (Lipinski definition) is 1. The van der Waals surface area contributed by atoms with Gasteiger partial charge in [0.05, 0.1) is 11.5 Å². The Morgan fingerprint density at radius 2 is 2.05 bits per heavy atom. The first-order valence-electron chi connectivity index (χ1n) is 7.03. The molecule has 1 atom stereocenters. The summed E-state index contributed by atoms with van der Waals surface area (Å²) in [5.41, 5.74) is 2.35. The highest BCUT2D eigenvalue weighted by atomic mass is 32.1. The monoisotopic (exact) mass is 297 g/mol. The number of aliphatic hydroxyl groups excluding tert-OH is 1. The van der Waals surface area contributed by atoms with E-state index < -0.39 is 0 Å². The fourth-order valence-electron chi connectivity index (χ4n) is 2.86. The molecule has 5 heteroatoms. The van der Waals surface area contributed by atoms with Gasteiger partial charge in [-0.05, 0) is 12.0 Å². The van der Waals surface area contributed by atoms with E-state index >= 15 is 0 Å². The van der Waals surface area contributed by atoms with Crippen molar-refractivity contribution < 1.29 is 5.11 Å². The van der Waals surface area contributed by atoms with Crippen molar-refractivity contribution >= 4 is 27.4 Å². The smallest absolute Gasteiger partial charge is 0.141 e. The summed E-state index contributed by atoms with van der Waals surface area (Å²) < 4.78 is 0. The van der Waals surface area contributed by atoms with Crippen molar-refractivity contribution in [2.45, 2.75) is 12.5 Å². The lowest BCUT2D eigenvalue weighted by Gasteiger charge is -2.18. The van der Waals surface area contributed by atoms with Gasteiger partial charge < -0.3 is 10.0 Å². The number of nitrogens with zero attached hydrogens (tertiary/aromatic N) is 3. The second-order valence-electron chi connectivity index (χ2n) is 5.28. The molecule has 106 valence electrons. The Morgan fingerprint density at radius 3 is 2.81 bits per heavy atom. The van der Waals surface area contributed by atoms with Crippen LogP contribution in [0.4, 0.5) is 5.82 Å². The molecule has 0 aliphatic carbocycles. The average molecular weight is 297 g/mol. The maximum atomic E-state index is 9.79. The van der Waals surface area contributed by atoms with E-state index in [0.717, 1.165) is 29.0 Å². The molecule has 0 amide bonds. The second-order valence-corrected chi connectivity index (χ2v) is 6.14. The van der Waals surface area contributed by atoms with Crippen LogP contribution in [0.1, 0.15) is 6.42 Å². The number of fused-ring (bicyclic) bond motifs is 1. The van der Waals surface area contributed by atoms with Gasteiger partial charge in [0, 0.05) is 24.0 Å². The van der Waals surface area contributed by atoms with Gasteiger partial charge in [-0.1, -0.05) is 30.3 Å². The molecule has 3 heterocycles. The molecule has 1 fully saturated rings. The van der Waals surface area contributed by atoms with Gasteiger partial charge in [0.2, 0.25) is 0 Å². The van der Waals surface area contributed by atoms with E-state index in [1.54, 1.807) is 17.7 Å². The van der Waals surface area contributed by atoms with Crippen LogP contribution < -0.4 is 4.90 Å². The van der Waals surface area contributed by atoms with Gasteiger partial charge in [-0.25, -0.2) is 9.97 Å². The van der Waals surface area contributed by atoms with Gasteiger partial charge in [-0.15, -0.1) is 11.3 Å². The maximum Gasteiger partial charge on any atom is 0.141 e. The van der Waals surface area contributed by atoms with E-state index in [1.165, 1.54) is 11.1 Å². The molecule has 0 saturated carbocycles. The molecular weight excluding hydrogens is 282 g/mol. The molecule has 1 unspecified atom stereocenters. The Kier molecular flexibility index (Phi) is 3.09. The largest absolute Gasteiger partial charge is 0.391 e. The molecular formula is C16H15N3OS. The third-order valence-electron chi connectivity index (χ3n) is 3.90. The van der Waals surface area contributed by atoms with Crippen molar-refractivity contribution in [3.05, 3.63) is 42.0 Å². The van der Waals surface area contributed by atoms with Crippen molar-refractivity contribution in [3.8, 4) is 11.1 Å². The van der Waals surface area contributed by atoms with Crippen LogP contribution in [0.25, 0.3) is 21.3 Å². The molecule has 2 aromatic heterocycles. The van der Waals surface area contributed by atoms with E-state index in [0.29, 0.717) is 6.54 Å². The maximum absolute atomic E-state index is 9.79. The number of β-amino-alcohol motifs (C(OH)–C–C–N with tert-alkyl or cyclic N) is 1. The summed E-state index contributed by atoms with van der Waals surface area (Å²) in [6.07, 6.45) is 2.16. The van der Waals surface area contributed by atoms with E-state index in [1.807, 2.05) is 18.2 Å². The van der Waals surface area contributed by atoms with E-state index in [9.17, 15) is 5.11 Å². The van der Waals surface area contributed by atoms with Crippen LogP contribution in [-0.2, 0) is 0 Å². The van der Waals surface area contributed by atoms with Crippen LogP contribution in [0.5, 0.6) is 0 Å². The molecule has 4 nitrogen and oxygen atoms in total. The van der Waals surface area contributed by atoms with Crippen molar-refractivity contribution in [3.63, 3.8) is 0 Å². The van der Waals surface area contributed by atoms with Gasteiger partial charge in [-0.3, -0.25) is 0 Å². The number of aliphatic hydroxyl groups is 1. The minimum atomic E-state index is -0.256. The zero-order valence-electron chi connectivity index (χ0n) is 11.4. The Balaban J connectivity index is 1.90. The lowest BCUT2D eigenvalue weighted by atomic mass is 10.1. The number of hydrogen-bond acceptors (Lipinski definition) is 5. The highest BCUT2D eigenvalue weighted by Crippen LogP contribution is 2.38. The minimum absolute atomic E-state index is 0.256. The zero-order valence-corrected chi connectivity index (χ0v) is 12.3. The average Bonchev–Trinajstić information content (AvgIpc) is 3.14. The molecule has 0 radical (unpaired) electrons. The zero-order chi connectivity index (χ0) is 14.2. The van der Waals surface area contributed by atoms with Gasteiger partial charge >= 0.3 is 0 Å². The molecule has 1 N–H and O–H groups in total. The van der Waals surface area contributed by atoms with Crippen LogP contribution in [0.2, 0.25) is 0 Å². The number of benzene rings is 1. The van der Waals surface area contributed by atoms with Crippen molar-refractivity contribution in [1.82, 2.24) is 9.97 Å². The van der Waals surface area contributed by atoms with Gasteiger partial charge in [0.1, 0.15) is 17.0 Å². The number of aromatic nitrogens is 2. The second kappa shape index (κ2) is 5.09. The standard InChI is InChI=1S/C16H15N3OS/c20-12-6-7-19(8-12)15-14-13(11-4-2-1-3-5-11)9-21-16(14)18-10-17-15/h1-5,9-10,12,20H,6-8H2. The topological polar surface area (TPSA) is 49.2 Å². The summed E-state index contributed by atoms with van der Waals surface area (Å²) in [6.45, 7) is 1.49.